The fraction of sp³-hybridized carbons (Fsp3) is 0.227. The third kappa shape index (κ3) is 4.16. The third-order valence-electron chi connectivity index (χ3n) is 4.87. The summed E-state index contributed by atoms with van der Waals surface area (Å²) in [6.45, 7) is 1.25. The number of fused-ring (bicyclic) bond motifs is 1. The fourth-order valence-corrected chi connectivity index (χ4v) is 3.49. The second-order valence-corrected chi connectivity index (χ2v) is 7.13. The number of aromatic nitrogens is 4. The summed E-state index contributed by atoms with van der Waals surface area (Å²) in [5.74, 6) is 2.20. The molecule has 0 atom stereocenters. The van der Waals surface area contributed by atoms with Crippen molar-refractivity contribution < 1.29 is 9.47 Å². The van der Waals surface area contributed by atoms with E-state index in [1.807, 2.05) is 47.1 Å². The van der Waals surface area contributed by atoms with E-state index in [0.717, 1.165) is 45.9 Å². The van der Waals surface area contributed by atoms with Gasteiger partial charge in [0.05, 0.1) is 32.3 Å². The number of benzene rings is 2. The standard InChI is InChI=1S/C22H22ClN5O2/c1-29-19-8-7-15(11-20(19)30-2)9-10-24-21-17-12-27-28(22(17)26-14-25-21)13-16-5-3-4-6-18(16)23/h3-8,11-12,14H,9-10,13H2,1-2H3,(H,24,25,26). The number of nitrogens with one attached hydrogen (secondary N) is 1. The molecule has 2 aromatic heterocycles. The topological polar surface area (TPSA) is 74.1 Å². The van der Waals surface area contributed by atoms with Gasteiger partial charge in [0.1, 0.15) is 12.1 Å². The van der Waals surface area contributed by atoms with Crippen molar-refractivity contribution in [1.29, 1.82) is 0 Å². The first-order valence-corrected chi connectivity index (χ1v) is 9.92. The largest absolute Gasteiger partial charge is 0.493 e. The van der Waals surface area contributed by atoms with Crippen molar-refractivity contribution in [2.24, 2.45) is 0 Å². The van der Waals surface area contributed by atoms with Crippen LogP contribution in [-0.4, -0.2) is 40.5 Å². The van der Waals surface area contributed by atoms with Crippen LogP contribution in [0.1, 0.15) is 11.1 Å². The SMILES string of the molecule is COc1ccc(CCNc2ncnc3c2cnn3Cc2ccccc2Cl)cc1OC. The van der Waals surface area contributed by atoms with Gasteiger partial charge in [-0.25, -0.2) is 14.6 Å². The summed E-state index contributed by atoms with van der Waals surface area (Å²) >= 11 is 6.29. The number of hydrogen-bond acceptors (Lipinski definition) is 6. The molecule has 0 saturated carbocycles. The first-order valence-electron chi connectivity index (χ1n) is 9.54. The predicted octanol–water partition coefficient (Wildman–Crippen LogP) is 4.20. The van der Waals surface area contributed by atoms with E-state index in [1.165, 1.54) is 0 Å². The molecule has 0 unspecified atom stereocenters. The van der Waals surface area contributed by atoms with Crippen molar-refractivity contribution in [1.82, 2.24) is 19.7 Å². The number of rotatable bonds is 8. The van der Waals surface area contributed by atoms with Gasteiger partial charge >= 0.3 is 0 Å². The minimum atomic E-state index is 0.547. The Bertz CT molecular complexity index is 1160. The Hall–Kier alpha value is -3.32. The molecule has 7 nitrogen and oxygen atoms in total. The maximum absolute atomic E-state index is 6.29. The number of halogens is 1. The van der Waals surface area contributed by atoms with Crippen molar-refractivity contribution in [2.45, 2.75) is 13.0 Å². The van der Waals surface area contributed by atoms with Gasteiger partial charge in [-0.1, -0.05) is 35.9 Å². The number of hydrogen-bond donors (Lipinski definition) is 1. The van der Waals surface area contributed by atoms with Gasteiger partial charge in [-0.15, -0.1) is 0 Å². The minimum Gasteiger partial charge on any atom is -0.493 e. The van der Waals surface area contributed by atoms with Crippen LogP contribution < -0.4 is 14.8 Å². The number of methoxy groups -OCH3 is 2. The molecule has 2 aromatic carbocycles. The molecule has 0 saturated heterocycles. The van der Waals surface area contributed by atoms with Crippen LogP contribution in [0.25, 0.3) is 11.0 Å². The van der Waals surface area contributed by atoms with E-state index in [4.69, 9.17) is 21.1 Å². The molecule has 154 valence electrons. The Morgan fingerprint density at radius 3 is 2.67 bits per heavy atom. The van der Waals surface area contributed by atoms with Crippen molar-refractivity contribution in [3.05, 3.63) is 71.1 Å². The molecule has 0 radical (unpaired) electrons. The Kier molecular flexibility index (Phi) is 5.99. The van der Waals surface area contributed by atoms with E-state index >= 15 is 0 Å². The average Bonchev–Trinajstić information content (AvgIpc) is 3.19. The average molecular weight is 424 g/mol. The van der Waals surface area contributed by atoms with Crippen molar-refractivity contribution in [3.63, 3.8) is 0 Å². The van der Waals surface area contributed by atoms with Gasteiger partial charge in [-0.2, -0.15) is 5.10 Å². The molecule has 0 bridgehead atoms. The normalized spacial score (nSPS) is 10.9. The van der Waals surface area contributed by atoms with Crippen LogP contribution in [-0.2, 0) is 13.0 Å². The molecule has 1 N–H and O–H groups in total. The summed E-state index contributed by atoms with van der Waals surface area (Å²) in [5.41, 5.74) is 2.89. The number of anilines is 1. The summed E-state index contributed by atoms with van der Waals surface area (Å²) in [6, 6.07) is 13.7. The second kappa shape index (κ2) is 9.00. The zero-order valence-corrected chi connectivity index (χ0v) is 17.6. The Labute approximate surface area is 179 Å². The summed E-state index contributed by atoms with van der Waals surface area (Å²) < 4.78 is 12.5. The van der Waals surface area contributed by atoms with Crippen LogP contribution in [0.5, 0.6) is 11.5 Å². The highest BCUT2D eigenvalue weighted by Crippen LogP contribution is 2.28. The van der Waals surface area contributed by atoms with Gasteiger partial charge in [-0.3, -0.25) is 0 Å². The molecule has 0 aliphatic rings. The number of nitrogens with zero attached hydrogens (tertiary/aromatic N) is 4. The molecule has 0 fully saturated rings. The summed E-state index contributed by atoms with van der Waals surface area (Å²) in [7, 11) is 3.27. The highest BCUT2D eigenvalue weighted by atomic mass is 35.5. The summed E-state index contributed by atoms with van der Waals surface area (Å²) in [5, 5.41) is 9.46. The lowest BCUT2D eigenvalue weighted by molar-refractivity contribution is 0.354. The minimum absolute atomic E-state index is 0.547. The van der Waals surface area contributed by atoms with Crippen LogP contribution in [0.3, 0.4) is 0 Å². The van der Waals surface area contributed by atoms with Crippen LogP contribution in [0.4, 0.5) is 5.82 Å². The molecule has 0 aliphatic heterocycles. The summed E-state index contributed by atoms with van der Waals surface area (Å²) in [6.07, 6.45) is 4.14. The lowest BCUT2D eigenvalue weighted by atomic mass is 10.1. The van der Waals surface area contributed by atoms with Gasteiger partial charge in [0.2, 0.25) is 0 Å². The van der Waals surface area contributed by atoms with Crippen molar-refractivity contribution in [3.8, 4) is 11.5 Å². The lowest BCUT2D eigenvalue weighted by Crippen LogP contribution is -2.08. The van der Waals surface area contributed by atoms with Crippen molar-refractivity contribution in [2.75, 3.05) is 26.1 Å². The first-order chi connectivity index (χ1) is 14.7. The van der Waals surface area contributed by atoms with E-state index < -0.39 is 0 Å². The lowest BCUT2D eigenvalue weighted by Gasteiger charge is -2.10. The highest BCUT2D eigenvalue weighted by molar-refractivity contribution is 6.31. The van der Waals surface area contributed by atoms with Gasteiger partial charge in [-0.05, 0) is 35.7 Å². The van der Waals surface area contributed by atoms with Crippen LogP contribution in [0, 0.1) is 0 Å². The smallest absolute Gasteiger partial charge is 0.163 e. The Morgan fingerprint density at radius 1 is 1.03 bits per heavy atom. The number of ether oxygens (including phenoxy) is 2. The zero-order valence-electron chi connectivity index (χ0n) is 16.8. The highest BCUT2D eigenvalue weighted by Gasteiger charge is 2.11. The maximum Gasteiger partial charge on any atom is 0.163 e. The fourth-order valence-electron chi connectivity index (χ4n) is 3.30. The van der Waals surface area contributed by atoms with Crippen LogP contribution in [0.2, 0.25) is 5.02 Å². The van der Waals surface area contributed by atoms with Gasteiger partial charge in [0.25, 0.3) is 0 Å². The zero-order chi connectivity index (χ0) is 20.9. The van der Waals surface area contributed by atoms with Crippen LogP contribution >= 0.6 is 11.6 Å². The Balaban J connectivity index is 1.48. The molecule has 0 spiro atoms. The molecule has 4 aromatic rings. The molecule has 8 heteroatoms. The quantitative estimate of drug-likeness (QED) is 0.458. The van der Waals surface area contributed by atoms with E-state index in [1.54, 1.807) is 26.7 Å². The third-order valence-corrected chi connectivity index (χ3v) is 5.23. The van der Waals surface area contributed by atoms with Crippen molar-refractivity contribution >= 4 is 28.5 Å². The van der Waals surface area contributed by atoms with Gasteiger partial charge < -0.3 is 14.8 Å². The molecular formula is C22H22ClN5O2. The van der Waals surface area contributed by atoms with E-state index in [9.17, 15) is 0 Å². The Morgan fingerprint density at radius 2 is 1.87 bits per heavy atom. The first kappa shape index (κ1) is 20.0. The van der Waals surface area contributed by atoms with Gasteiger partial charge in [0.15, 0.2) is 17.1 Å². The van der Waals surface area contributed by atoms with E-state index in [-0.39, 0.29) is 0 Å². The van der Waals surface area contributed by atoms with E-state index in [2.05, 4.69) is 20.4 Å². The predicted molar refractivity (Wildman–Crippen MR) is 118 cm³/mol. The molecule has 0 amide bonds. The monoisotopic (exact) mass is 423 g/mol. The van der Waals surface area contributed by atoms with Crippen LogP contribution in [0.15, 0.2) is 55.0 Å². The molecule has 0 aliphatic carbocycles. The molecule has 4 rings (SSSR count). The maximum atomic E-state index is 6.29. The van der Waals surface area contributed by atoms with Gasteiger partial charge in [0, 0.05) is 11.6 Å². The molecular weight excluding hydrogens is 402 g/mol. The summed E-state index contributed by atoms with van der Waals surface area (Å²) in [4.78, 5) is 8.80. The molecule has 30 heavy (non-hydrogen) atoms. The second-order valence-electron chi connectivity index (χ2n) is 6.72. The van der Waals surface area contributed by atoms with E-state index in [0.29, 0.717) is 18.1 Å². The molecule has 2 heterocycles.